The molecule has 0 saturated carbocycles. The summed E-state index contributed by atoms with van der Waals surface area (Å²) in [5, 5.41) is 20.0. The molecule has 2 aliphatic rings. The van der Waals surface area contributed by atoms with Crippen LogP contribution in [0.2, 0.25) is 0 Å². The van der Waals surface area contributed by atoms with E-state index in [0.717, 1.165) is 78.0 Å². The first-order chi connectivity index (χ1) is 31.8. The van der Waals surface area contributed by atoms with Gasteiger partial charge in [0.05, 0.1) is 39.8 Å². The predicted molar refractivity (Wildman–Crippen MR) is 264 cm³/mol. The van der Waals surface area contributed by atoms with E-state index in [-0.39, 0.29) is 42.6 Å². The van der Waals surface area contributed by atoms with Crippen molar-refractivity contribution in [2.24, 2.45) is 5.41 Å². The van der Waals surface area contributed by atoms with Crippen LogP contribution in [0, 0.1) is 24.0 Å². The van der Waals surface area contributed by atoms with Crippen molar-refractivity contribution in [2.75, 3.05) is 74.0 Å². The van der Waals surface area contributed by atoms with Gasteiger partial charge < -0.3 is 40.8 Å². The van der Waals surface area contributed by atoms with Crippen molar-refractivity contribution in [3.8, 4) is 5.75 Å². The Morgan fingerprint density at radius 2 is 1.72 bits per heavy atom. The van der Waals surface area contributed by atoms with E-state index in [1.165, 1.54) is 0 Å². The van der Waals surface area contributed by atoms with Crippen LogP contribution in [-0.2, 0) is 25.4 Å². The molecule has 2 aliphatic heterocycles. The van der Waals surface area contributed by atoms with Gasteiger partial charge in [0.25, 0.3) is 0 Å². The van der Waals surface area contributed by atoms with Crippen LogP contribution in [0.4, 0.5) is 43.3 Å². The van der Waals surface area contributed by atoms with Crippen molar-refractivity contribution < 1.29 is 32.5 Å². The van der Waals surface area contributed by atoms with Crippen LogP contribution in [0.1, 0.15) is 69.2 Å². The summed E-state index contributed by atoms with van der Waals surface area (Å²) in [6.45, 7) is 13.8. The number of hydrogen-bond donors (Lipinski definition) is 6. The average molecular weight is 1000 g/mol. The van der Waals surface area contributed by atoms with Crippen LogP contribution in [-0.4, -0.2) is 91.9 Å². The Balaban J connectivity index is 0.910. The molecule has 1 atom stereocenters. The Labute approximate surface area is 397 Å². The Morgan fingerprint density at radius 1 is 0.985 bits per heavy atom. The van der Waals surface area contributed by atoms with E-state index >= 15 is 8.78 Å². The SMILES string of the molecule is CCc1cc(Nc2ncc(Br)c(Nc3ccc4nc(C)ccc4c3P(C)(C)=O)n2)c(OC)cc1N1CCC(NCCNC(=O)C(C)(C)CNc2cc(F)c(C3CCC(=O)NC3=O)c(F)c2)CC1. The van der Waals surface area contributed by atoms with Gasteiger partial charge in [-0.2, -0.15) is 4.98 Å². The number of aromatic nitrogens is 3. The van der Waals surface area contributed by atoms with E-state index in [4.69, 9.17) is 9.72 Å². The topological polar surface area (TPSA) is 192 Å². The van der Waals surface area contributed by atoms with Gasteiger partial charge in [-0.1, -0.05) is 13.0 Å². The van der Waals surface area contributed by atoms with Gasteiger partial charge in [-0.15, -0.1) is 0 Å². The molecule has 7 rings (SSSR count). The van der Waals surface area contributed by atoms with Gasteiger partial charge in [-0.25, -0.2) is 13.8 Å². The molecule has 4 heterocycles. The Kier molecular flexibility index (Phi) is 15.2. The molecule has 2 fully saturated rings. The number of aryl methyl sites for hydroxylation is 2. The van der Waals surface area contributed by atoms with Crippen molar-refractivity contribution in [2.45, 2.75) is 71.8 Å². The van der Waals surface area contributed by atoms with Gasteiger partial charge in [0.2, 0.25) is 23.7 Å². The van der Waals surface area contributed by atoms with E-state index in [1.54, 1.807) is 40.5 Å². The van der Waals surface area contributed by atoms with Gasteiger partial charge in [0.1, 0.15) is 30.3 Å². The molecule has 0 bridgehead atoms. The number of imide groups is 1. The molecule has 3 aromatic carbocycles. The summed E-state index contributed by atoms with van der Waals surface area (Å²) in [5.74, 6) is -2.78. The normalized spacial score (nSPS) is 15.9. The summed E-state index contributed by atoms with van der Waals surface area (Å²) in [6, 6.07) is 14.3. The summed E-state index contributed by atoms with van der Waals surface area (Å²) in [7, 11) is -1.12. The van der Waals surface area contributed by atoms with Gasteiger partial charge in [-0.05, 0) is 118 Å². The minimum Gasteiger partial charge on any atom is -0.494 e. The first-order valence-corrected chi connectivity index (χ1v) is 25.8. The van der Waals surface area contributed by atoms with Crippen molar-refractivity contribution in [1.29, 1.82) is 0 Å². The Bertz CT molecular complexity index is 2720. The zero-order valence-electron chi connectivity index (χ0n) is 38.8. The summed E-state index contributed by atoms with van der Waals surface area (Å²) in [6.07, 6.45) is 4.27. The number of rotatable bonds is 17. The molecule has 0 radical (unpaired) electrons. The van der Waals surface area contributed by atoms with Crippen LogP contribution in [0.5, 0.6) is 5.75 Å². The molecule has 1 unspecified atom stereocenters. The van der Waals surface area contributed by atoms with Gasteiger partial charge in [0.15, 0.2) is 0 Å². The number of fused-ring (bicyclic) bond motifs is 1. The zero-order chi connectivity index (χ0) is 48.2. The standard InChI is InChI=1S/C48H58BrF2N10O5P/c1-8-28-21-38(58-47-54-25-33(49)44(60-47)57-37-13-12-36-31(10-9-27(2)56-36)43(37)67(6,7)65)40(66-5)24-39(28)61-19-15-29(16-20-61)52-17-18-53-46(64)48(3,4)26-55-30-22-34(50)42(35(51)23-30)32-11-14-41(62)59-45(32)63/h9-10,12-13,21-25,29,32,52,55H,8,11,14-20,26H2,1-7H3,(H,53,64)(H,59,62,63)(H2,54,57,58,60). The number of carbonyl (C=O) groups is 3. The summed E-state index contributed by atoms with van der Waals surface area (Å²) < 4.78 is 50.2. The third kappa shape index (κ3) is 11.5. The third-order valence-corrected chi connectivity index (χ3v) is 14.4. The fourth-order valence-corrected chi connectivity index (χ4v) is 10.4. The van der Waals surface area contributed by atoms with Crippen LogP contribution in [0.3, 0.4) is 0 Å². The number of carbonyl (C=O) groups excluding carboxylic acids is 3. The summed E-state index contributed by atoms with van der Waals surface area (Å²) in [5.41, 5.74) is 4.15. The number of pyridine rings is 1. The largest absolute Gasteiger partial charge is 0.494 e. The van der Waals surface area contributed by atoms with Crippen molar-refractivity contribution in [1.82, 2.24) is 30.9 Å². The minimum atomic E-state index is -2.75. The number of hydrogen-bond acceptors (Lipinski definition) is 13. The monoisotopic (exact) mass is 1000 g/mol. The maximum atomic E-state index is 15.0. The van der Waals surface area contributed by atoms with Crippen molar-refractivity contribution >= 4 is 91.5 Å². The highest BCUT2D eigenvalue weighted by molar-refractivity contribution is 9.10. The third-order valence-electron chi connectivity index (χ3n) is 12.2. The lowest BCUT2D eigenvalue weighted by molar-refractivity contribution is -0.134. The molecule has 15 nitrogen and oxygen atoms in total. The molecular formula is C48H58BrF2N10O5P. The molecule has 3 amide bonds. The Hall–Kier alpha value is -5.71. The molecule has 0 aliphatic carbocycles. The number of halogens is 3. The fraction of sp³-hybridized carbons (Fsp3) is 0.417. The van der Waals surface area contributed by atoms with Crippen molar-refractivity contribution in [3.63, 3.8) is 0 Å². The number of ether oxygens (including phenoxy) is 1. The number of anilines is 6. The van der Waals surface area contributed by atoms with E-state index in [9.17, 15) is 18.9 Å². The zero-order valence-corrected chi connectivity index (χ0v) is 41.3. The van der Waals surface area contributed by atoms with Crippen molar-refractivity contribution in [3.05, 3.63) is 87.7 Å². The molecule has 2 aromatic heterocycles. The second-order valence-electron chi connectivity index (χ2n) is 18.1. The van der Waals surface area contributed by atoms with Gasteiger partial charge in [-0.3, -0.25) is 24.7 Å². The lowest BCUT2D eigenvalue weighted by Crippen LogP contribution is -2.47. The first kappa shape index (κ1) is 49.2. The predicted octanol–water partition coefficient (Wildman–Crippen LogP) is 8.01. The quantitative estimate of drug-likeness (QED) is 0.0299. The fourth-order valence-electron chi connectivity index (χ4n) is 8.60. The highest BCUT2D eigenvalue weighted by atomic mass is 79.9. The van der Waals surface area contributed by atoms with Crippen LogP contribution < -0.4 is 46.8 Å². The van der Waals surface area contributed by atoms with E-state index < -0.39 is 41.9 Å². The number of methoxy groups -OCH3 is 1. The van der Waals surface area contributed by atoms with Crippen LogP contribution in [0.25, 0.3) is 10.9 Å². The molecule has 6 N–H and O–H groups in total. The lowest BCUT2D eigenvalue weighted by atomic mass is 9.89. The van der Waals surface area contributed by atoms with E-state index in [2.05, 4.69) is 81.8 Å². The summed E-state index contributed by atoms with van der Waals surface area (Å²) in [4.78, 5) is 53.3. The first-order valence-electron chi connectivity index (χ1n) is 22.4. The van der Waals surface area contributed by atoms with Crippen LogP contribution in [0.15, 0.2) is 59.2 Å². The van der Waals surface area contributed by atoms with Gasteiger partial charge in [0, 0.05) is 90.8 Å². The smallest absolute Gasteiger partial charge is 0.234 e. The lowest BCUT2D eigenvalue weighted by Gasteiger charge is -2.35. The maximum absolute atomic E-state index is 15.0. The number of piperidine rings is 2. The highest BCUT2D eigenvalue weighted by Gasteiger charge is 2.33. The second-order valence-corrected chi connectivity index (χ2v) is 22.1. The van der Waals surface area contributed by atoms with Gasteiger partial charge >= 0.3 is 0 Å². The second kappa shape index (κ2) is 20.7. The Morgan fingerprint density at radius 3 is 2.39 bits per heavy atom. The number of benzene rings is 3. The average Bonchev–Trinajstić information content (AvgIpc) is 3.28. The number of amides is 3. The minimum absolute atomic E-state index is 0.00525. The number of nitrogens with one attached hydrogen (secondary N) is 6. The number of nitrogens with zero attached hydrogens (tertiary/aromatic N) is 4. The van der Waals surface area contributed by atoms with Crippen LogP contribution >= 0.6 is 23.1 Å². The van der Waals surface area contributed by atoms with E-state index in [1.807, 2.05) is 31.2 Å². The molecule has 356 valence electrons. The van der Waals surface area contributed by atoms with E-state index in [0.29, 0.717) is 46.1 Å². The summed E-state index contributed by atoms with van der Waals surface area (Å²) >= 11 is 3.59. The molecule has 5 aromatic rings. The molecule has 2 saturated heterocycles. The molecule has 0 spiro atoms. The molecule has 67 heavy (non-hydrogen) atoms. The molecular weight excluding hydrogens is 945 g/mol. The molecule has 19 heteroatoms. The highest BCUT2D eigenvalue weighted by Crippen LogP contribution is 2.42. The maximum Gasteiger partial charge on any atom is 0.234 e.